The van der Waals surface area contributed by atoms with Crippen molar-refractivity contribution in [3.05, 3.63) is 29.8 Å². The summed E-state index contributed by atoms with van der Waals surface area (Å²) in [5, 5.41) is 6.70. The zero-order chi connectivity index (χ0) is 11.1. The molecule has 0 heterocycles. The van der Waals surface area contributed by atoms with Crippen LogP contribution in [0.3, 0.4) is 0 Å². The smallest absolute Gasteiger partial charge is 0.166 e. The van der Waals surface area contributed by atoms with Crippen LogP contribution in [-0.2, 0) is 0 Å². The maximum absolute atomic E-state index is 4.97. The molecule has 0 radical (unpaired) electrons. The summed E-state index contributed by atoms with van der Waals surface area (Å²) in [7, 11) is 1.82. The van der Waals surface area contributed by atoms with Gasteiger partial charge in [0, 0.05) is 24.2 Å². The summed E-state index contributed by atoms with van der Waals surface area (Å²) >= 11 is 6.80. The van der Waals surface area contributed by atoms with E-state index in [-0.39, 0.29) is 0 Å². The van der Waals surface area contributed by atoms with Crippen molar-refractivity contribution in [3.63, 3.8) is 0 Å². The standard InChI is InChI=1S/C11H16N2S2/c1-9-3-5-10(6-4-9)15-8-7-13-11(14)12-2/h3-6H,7-8H2,1-2H3,(H2,12,13,14). The number of thiocarbonyl (C=S) groups is 1. The van der Waals surface area contributed by atoms with Crippen molar-refractivity contribution in [2.75, 3.05) is 19.3 Å². The second-order valence-electron chi connectivity index (χ2n) is 3.17. The van der Waals surface area contributed by atoms with E-state index >= 15 is 0 Å². The molecule has 0 bridgehead atoms. The van der Waals surface area contributed by atoms with E-state index in [0.29, 0.717) is 5.11 Å². The molecule has 2 nitrogen and oxygen atoms in total. The van der Waals surface area contributed by atoms with Gasteiger partial charge in [0.1, 0.15) is 0 Å². The second-order valence-corrected chi connectivity index (χ2v) is 4.74. The van der Waals surface area contributed by atoms with Crippen molar-refractivity contribution in [1.29, 1.82) is 0 Å². The highest BCUT2D eigenvalue weighted by Crippen LogP contribution is 2.17. The molecule has 0 atom stereocenters. The minimum absolute atomic E-state index is 0.708. The number of rotatable bonds is 4. The lowest BCUT2D eigenvalue weighted by Gasteiger charge is -2.06. The number of aryl methyl sites for hydroxylation is 1. The van der Waals surface area contributed by atoms with E-state index < -0.39 is 0 Å². The fourth-order valence-corrected chi connectivity index (χ4v) is 1.93. The number of thioether (sulfide) groups is 1. The Labute approximate surface area is 101 Å². The third-order valence-corrected chi connectivity index (χ3v) is 3.27. The van der Waals surface area contributed by atoms with Crippen molar-refractivity contribution in [1.82, 2.24) is 10.6 Å². The Morgan fingerprint density at radius 1 is 1.33 bits per heavy atom. The fourth-order valence-electron chi connectivity index (χ4n) is 1.06. The van der Waals surface area contributed by atoms with E-state index in [0.717, 1.165) is 12.3 Å². The minimum atomic E-state index is 0.708. The zero-order valence-electron chi connectivity index (χ0n) is 9.04. The molecule has 0 aliphatic heterocycles. The number of nitrogens with one attached hydrogen (secondary N) is 2. The summed E-state index contributed by atoms with van der Waals surface area (Å²) in [4.78, 5) is 1.30. The molecule has 2 N–H and O–H groups in total. The largest absolute Gasteiger partial charge is 0.366 e. The summed E-state index contributed by atoms with van der Waals surface area (Å²) < 4.78 is 0. The summed E-state index contributed by atoms with van der Waals surface area (Å²) in [5.41, 5.74) is 1.30. The van der Waals surface area contributed by atoms with Gasteiger partial charge in [0.15, 0.2) is 5.11 Å². The van der Waals surface area contributed by atoms with Crippen LogP contribution in [-0.4, -0.2) is 24.5 Å². The van der Waals surface area contributed by atoms with E-state index in [2.05, 4.69) is 41.8 Å². The van der Waals surface area contributed by atoms with E-state index in [9.17, 15) is 0 Å². The van der Waals surface area contributed by atoms with Crippen LogP contribution >= 0.6 is 24.0 Å². The Kier molecular flexibility index (Phi) is 5.50. The Morgan fingerprint density at radius 3 is 2.60 bits per heavy atom. The number of hydrogen-bond acceptors (Lipinski definition) is 2. The maximum atomic E-state index is 4.97. The van der Waals surface area contributed by atoms with Crippen LogP contribution in [0.2, 0.25) is 0 Å². The average Bonchev–Trinajstić information content (AvgIpc) is 2.26. The highest BCUT2D eigenvalue weighted by Gasteiger charge is 1.94. The highest BCUT2D eigenvalue weighted by atomic mass is 32.2. The van der Waals surface area contributed by atoms with Gasteiger partial charge >= 0.3 is 0 Å². The molecule has 0 saturated heterocycles. The van der Waals surface area contributed by atoms with Gasteiger partial charge in [-0.3, -0.25) is 0 Å². The van der Waals surface area contributed by atoms with E-state index in [1.165, 1.54) is 10.5 Å². The monoisotopic (exact) mass is 240 g/mol. The minimum Gasteiger partial charge on any atom is -0.366 e. The summed E-state index contributed by atoms with van der Waals surface area (Å²) in [6.45, 7) is 2.99. The molecule has 15 heavy (non-hydrogen) atoms. The van der Waals surface area contributed by atoms with Gasteiger partial charge in [-0.05, 0) is 31.3 Å². The van der Waals surface area contributed by atoms with E-state index in [1.54, 1.807) is 0 Å². The quantitative estimate of drug-likeness (QED) is 0.478. The van der Waals surface area contributed by atoms with Gasteiger partial charge in [-0.15, -0.1) is 11.8 Å². The molecule has 82 valence electrons. The average molecular weight is 240 g/mol. The first-order chi connectivity index (χ1) is 7.22. The van der Waals surface area contributed by atoms with Gasteiger partial charge < -0.3 is 10.6 Å². The molecular formula is C11H16N2S2. The van der Waals surface area contributed by atoms with Crippen LogP contribution in [0.25, 0.3) is 0 Å². The first-order valence-electron chi connectivity index (χ1n) is 4.87. The van der Waals surface area contributed by atoms with Crippen LogP contribution in [0.15, 0.2) is 29.2 Å². The summed E-state index contributed by atoms with van der Waals surface area (Å²) in [6.07, 6.45) is 0. The lowest BCUT2D eigenvalue weighted by Crippen LogP contribution is -2.33. The van der Waals surface area contributed by atoms with Gasteiger partial charge in [-0.1, -0.05) is 17.7 Å². The third-order valence-electron chi connectivity index (χ3n) is 1.90. The molecular weight excluding hydrogens is 224 g/mol. The van der Waals surface area contributed by atoms with Gasteiger partial charge in [-0.2, -0.15) is 0 Å². The lowest BCUT2D eigenvalue weighted by atomic mass is 10.2. The molecule has 4 heteroatoms. The van der Waals surface area contributed by atoms with Crippen molar-refractivity contribution >= 4 is 29.1 Å². The molecule has 0 aliphatic carbocycles. The zero-order valence-corrected chi connectivity index (χ0v) is 10.7. The van der Waals surface area contributed by atoms with E-state index in [4.69, 9.17) is 12.2 Å². The van der Waals surface area contributed by atoms with Crippen molar-refractivity contribution in [3.8, 4) is 0 Å². The molecule has 0 aromatic heterocycles. The van der Waals surface area contributed by atoms with Gasteiger partial charge in [-0.25, -0.2) is 0 Å². The number of benzene rings is 1. The van der Waals surface area contributed by atoms with Crippen molar-refractivity contribution in [2.45, 2.75) is 11.8 Å². The fraction of sp³-hybridized carbons (Fsp3) is 0.364. The SMILES string of the molecule is CNC(=S)NCCSc1ccc(C)cc1. The van der Waals surface area contributed by atoms with Crippen LogP contribution in [0, 0.1) is 6.92 Å². The molecule has 1 aromatic carbocycles. The molecule has 0 fully saturated rings. The molecule has 0 aliphatic rings. The normalized spacial score (nSPS) is 9.73. The van der Waals surface area contributed by atoms with Gasteiger partial charge in [0.05, 0.1) is 0 Å². The molecule has 1 aromatic rings. The number of hydrogen-bond donors (Lipinski definition) is 2. The predicted octanol–water partition coefficient (Wildman–Crippen LogP) is 2.18. The first kappa shape index (κ1) is 12.3. The summed E-state index contributed by atoms with van der Waals surface area (Å²) in [6, 6.07) is 8.56. The molecule has 1 rings (SSSR count). The van der Waals surface area contributed by atoms with Crippen LogP contribution < -0.4 is 10.6 Å². The third kappa shape index (κ3) is 5.04. The van der Waals surface area contributed by atoms with Crippen molar-refractivity contribution < 1.29 is 0 Å². The maximum Gasteiger partial charge on any atom is 0.166 e. The van der Waals surface area contributed by atoms with Gasteiger partial charge in [0.25, 0.3) is 0 Å². The lowest BCUT2D eigenvalue weighted by molar-refractivity contribution is 0.943. The molecule has 0 unspecified atom stereocenters. The summed E-state index contributed by atoms with van der Waals surface area (Å²) in [5.74, 6) is 1.02. The Morgan fingerprint density at radius 2 is 2.00 bits per heavy atom. The molecule has 0 saturated carbocycles. The Hall–Kier alpha value is -0.740. The molecule has 0 spiro atoms. The van der Waals surface area contributed by atoms with Crippen LogP contribution in [0.5, 0.6) is 0 Å². The molecule has 0 amide bonds. The Balaban J connectivity index is 2.20. The van der Waals surface area contributed by atoms with Gasteiger partial charge in [0.2, 0.25) is 0 Å². The first-order valence-corrected chi connectivity index (χ1v) is 6.27. The Bertz CT molecular complexity index is 309. The topological polar surface area (TPSA) is 24.1 Å². The van der Waals surface area contributed by atoms with Crippen molar-refractivity contribution in [2.24, 2.45) is 0 Å². The van der Waals surface area contributed by atoms with E-state index in [1.807, 2.05) is 18.8 Å². The predicted molar refractivity (Wildman–Crippen MR) is 71.6 cm³/mol. The second kappa shape index (κ2) is 6.69. The highest BCUT2D eigenvalue weighted by molar-refractivity contribution is 7.99. The van der Waals surface area contributed by atoms with Crippen LogP contribution in [0.4, 0.5) is 0 Å². The van der Waals surface area contributed by atoms with Crippen LogP contribution in [0.1, 0.15) is 5.56 Å².